The molecule has 280 valence electrons. The fourth-order valence-electron chi connectivity index (χ4n) is 6.04. The zero-order valence-electron chi connectivity index (χ0n) is 30.6. The van der Waals surface area contributed by atoms with E-state index < -0.39 is 10.4 Å². The number of para-hydroxylation sites is 1. The Kier molecular flexibility index (Phi) is 14.3. The van der Waals surface area contributed by atoms with Crippen molar-refractivity contribution < 1.29 is 26.5 Å². The van der Waals surface area contributed by atoms with Crippen molar-refractivity contribution in [3.8, 4) is 21.7 Å². The number of thioether (sulfide) groups is 1. The molecule has 1 N–H and O–H groups in total. The predicted molar refractivity (Wildman–Crippen MR) is 219 cm³/mol. The summed E-state index contributed by atoms with van der Waals surface area (Å²) < 4.78 is 42.8. The summed E-state index contributed by atoms with van der Waals surface area (Å²) in [7, 11) is -4.17. The van der Waals surface area contributed by atoms with E-state index >= 15 is 0 Å². The highest BCUT2D eigenvalue weighted by atomic mass is 32.3. The fraction of sp³-hybridized carbons (Fsp3) is 0.300. The van der Waals surface area contributed by atoms with Crippen LogP contribution in [0.3, 0.4) is 0 Å². The monoisotopic (exact) mass is 792 g/mol. The SMILES string of the molecule is CCCn1c(=O)/c(=C/C(=CC2Sc3ccccc3N2CC)OCC)s/c1=C/c1sc(-c2ccccc2)c(-c2ccccc2)[n+]1CC.CCOS(=O)(=O)O. The summed E-state index contributed by atoms with van der Waals surface area (Å²) in [5.74, 6) is 0.734. The molecule has 1 unspecified atom stereocenters. The molecule has 3 aromatic carbocycles. The van der Waals surface area contributed by atoms with Crippen LogP contribution in [0.1, 0.15) is 46.0 Å². The number of rotatable bonds is 13. The van der Waals surface area contributed by atoms with Crippen molar-refractivity contribution in [2.75, 3.05) is 24.7 Å². The number of likely N-dealkylation sites (N-methyl/N-ethyl adjacent to an activating group) is 1. The summed E-state index contributed by atoms with van der Waals surface area (Å²) >= 11 is 5.15. The van der Waals surface area contributed by atoms with Crippen molar-refractivity contribution in [1.82, 2.24) is 4.57 Å². The number of allylic oxidation sites excluding steroid dienone is 1. The lowest BCUT2D eigenvalue weighted by Gasteiger charge is -2.23. The van der Waals surface area contributed by atoms with Crippen LogP contribution in [0.2, 0.25) is 0 Å². The molecule has 0 fully saturated rings. The number of hydrogen-bond donors (Lipinski definition) is 1. The van der Waals surface area contributed by atoms with Gasteiger partial charge in [0.2, 0.25) is 5.69 Å². The highest BCUT2D eigenvalue weighted by molar-refractivity contribution is 8.00. The molecule has 2 aromatic heterocycles. The lowest BCUT2D eigenvalue weighted by molar-refractivity contribution is -0.679. The summed E-state index contributed by atoms with van der Waals surface area (Å²) in [6.45, 7) is 12.8. The maximum atomic E-state index is 13.9. The van der Waals surface area contributed by atoms with Crippen molar-refractivity contribution in [1.29, 1.82) is 0 Å². The number of anilines is 1. The second-order valence-electron chi connectivity index (χ2n) is 11.7. The van der Waals surface area contributed by atoms with Crippen LogP contribution >= 0.6 is 34.4 Å². The molecule has 0 aliphatic carbocycles. The molecule has 0 radical (unpaired) electrons. The van der Waals surface area contributed by atoms with Crippen LogP contribution < -0.4 is 24.2 Å². The molecular weight excluding hydrogens is 747 g/mol. The van der Waals surface area contributed by atoms with E-state index in [-0.39, 0.29) is 17.5 Å². The van der Waals surface area contributed by atoms with E-state index in [0.717, 1.165) is 34.9 Å². The molecule has 9 nitrogen and oxygen atoms in total. The summed E-state index contributed by atoms with van der Waals surface area (Å²) in [6.07, 6.45) is 7.19. The molecular formula is C40H46N3O6S4+. The van der Waals surface area contributed by atoms with Crippen molar-refractivity contribution >= 4 is 62.7 Å². The van der Waals surface area contributed by atoms with Crippen LogP contribution in [-0.2, 0) is 32.4 Å². The average molecular weight is 793 g/mol. The predicted octanol–water partition coefficient (Wildman–Crippen LogP) is 7.34. The first kappa shape index (κ1) is 40.2. The molecule has 1 aliphatic rings. The molecule has 5 aromatic rings. The third kappa shape index (κ3) is 9.97. The van der Waals surface area contributed by atoms with Crippen molar-refractivity contribution in [2.45, 2.75) is 64.4 Å². The molecule has 53 heavy (non-hydrogen) atoms. The number of nitrogens with zero attached hydrogens (tertiary/aromatic N) is 3. The van der Waals surface area contributed by atoms with E-state index in [2.05, 4.69) is 132 Å². The van der Waals surface area contributed by atoms with E-state index in [1.165, 1.54) is 39.2 Å². The lowest BCUT2D eigenvalue weighted by atomic mass is 10.1. The van der Waals surface area contributed by atoms with Gasteiger partial charge in [0.1, 0.15) is 27.2 Å². The van der Waals surface area contributed by atoms with Crippen LogP contribution in [0.5, 0.6) is 0 Å². The Morgan fingerprint density at radius 2 is 1.55 bits per heavy atom. The molecule has 6 rings (SSSR count). The van der Waals surface area contributed by atoms with Crippen molar-refractivity contribution in [3.05, 3.63) is 121 Å². The van der Waals surface area contributed by atoms with Crippen LogP contribution in [0.4, 0.5) is 5.69 Å². The van der Waals surface area contributed by atoms with E-state index in [4.69, 9.17) is 9.29 Å². The van der Waals surface area contributed by atoms with Crippen LogP contribution in [0.25, 0.3) is 33.9 Å². The van der Waals surface area contributed by atoms with E-state index in [1.54, 1.807) is 22.7 Å². The maximum absolute atomic E-state index is 13.9. The number of thiazole rings is 2. The average Bonchev–Trinajstić information content (AvgIpc) is 3.79. The van der Waals surface area contributed by atoms with Gasteiger partial charge in [-0.2, -0.15) is 13.0 Å². The third-order valence-corrected chi connectivity index (χ3v) is 12.2. The summed E-state index contributed by atoms with van der Waals surface area (Å²) in [5.41, 5.74) is 4.86. The number of aromatic nitrogens is 2. The summed E-state index contributed by atoms with van der Waals surface area (Å²) in [4.78, 5) is 18.8. The van der Waals surface area contributed by atoms with E-state index in [1.807, 2.05) is 29.3 Å². The first-order chi connectivity index (χ1) is 25.6. The van der Waals surface area contributed by atoms with Gasteiger partial charge in [0.25, 0.3) is 10.6 Å². The Morgan fingerprint density at radius 1 is 0.887 bits per heavy atom. The Bertz CT molecular complexity index is 2300. The largest absolute Gasteiger partial charge is 0.494 e. The van der Waals surface area contributed by atoms with Gasteiger partial charge in [0.15, 0.2) is 0 Å². The summed E-state index contributed by atoms with van der Waals surface area (Å²) in [5, 5.41) is 1.23. The van der Waals surface area contributed by atoms with Crippen molar-refractivity contribution in [2.24, 2.45) is 0 Å². The molecule has 1 atom stereocenters. The van der Waals surface area contributed by atoms with E-state index in [9.17, 15) is 13.2 Å². The van der Waals surface area contributed by atoms with Crippen molar-refractivity contribution in [3.63, 3.8) is 0 Å². The Labute approximate surface area is 324 Å². The number of fused-ring (bicyclic) bond motifs is 1. The second-order valence-corrected chi connectivity index (χ2v) is 16.1. The fourth-order valence-corrected chi connectivity index (χ4v) is 10.1. The van der Waals surface area contributed by atoms with Gasteiger partial charge in [-0.15, -0.1) is 11.3 Å². The number of benzene rings is 3. The zero-order chi connectivity index (χ0) is 38.0. The quantitative estimate of drug-likeness (QED) is 0.0752. The van der Waals surface area contributed by atoms with Gasteiger partial charge in [-0.3, -0.25) is 13.9 Å². The first-order valence-electron chi connectivity index (χ1n) is 17.7. The van der Waals surface area contributed by atoms with Gasteiger partial charge in [-0.05, 0) is 70.0 Å². The first-order valence-corrected chi connectivity index (χ1v) is 21.6. The standard InChI is InChI=1S/C38H40N3O2S3.C2H6O4S/c1-5-23-41-35(26-34-40(7-3)36(27-17-11-9-12-18-27)37(46-34)28-19-13-10-14-20-28)45-32(38(41)42)24-29(43-8-4)25-33-39(6-2)30-21-15-16-22-31(30)44-33;1-2-6-7(3,4)5/h9-22,24-26,33H,5-8,23H2,1-4H3;2H2,1H3,(H,3,4,5)/q+1;/b29-25?,32-24-;. The Morgan fingerprint density at radius 3 is 2.13 bits per heavy atom. The van der Waals surface area contributed by atoms with Gasteiger partial charge >= 0.3 is 10.4 Å². The molecule has 3 heterocycles. The molecule has 0 saturated carbocycles. The minimum Gasteiger partial charge on any atom is -0.494 e. The molecule has 0 bridgehead atoms. The van der Waals surface area contributed by atoms with Gasteiger partial charge in [-0.1, -0.05) is 90.7 Å². The molecule has 1 aliphatic heterocycles. The van der Waals surface area contributed by atoms with Gasteiger partial charge in [0, 0.05) is 29.6 Å². The summed E-state index contributed by atoms with van der Waals surface area (Å²) in [6, 6.07) is 29.7. The van der Waals surface area contributed by atoms with E-state index in [0.29, 0.717) is 17.7 Å². The van der Waals surface area contributed by atoms with Gasteiger partial charge < -0.3 is 9.64 Å². The molecule has 0 spiro atoms. The molecule has 0 amide bonds. The van der Waals surface area contributed by atoms with Crippen LogP contribution in [0, 0.1) is 0 Å². The lowest BCUT2D eigenvalue weighted by Crippen LogP contribution is -2.37. The normalized spacial score (nSPS) is 15.0. The Balaban J connectivity index is 0.000000705. The second kappa shape index (κ2) is 18.9. The van der Waals surface area contributed by atoms with Crippen LogP contribution in [-0.4, -0.2) is 42.7 Å². The number of hydrogen-bond acceptors (Lipinski definition) is 9. The van der Waals surface area contributed by atoms with Gasteiger partial charge in [-0.25, -0.2) is 4.18 Å². The zero-order valence-corrected chi connectivity index (χ0v) is 33.9. The highest BCUT2D eigenvalue weighted by Gasteiger charge is 2.29. The van der Waals surface area contributed by atoms with Gasteiger partial charge in [0.05, 0.1) is 29.5 Å². The Hall–Kier alpha value is -3.98. The smallest absolute Gasteiger partial charge is 0.397 e. The highest BCUT2D eigenvalue weighted by Crippen LogP contribution is 2.44. The number of ether oxygens (including phenoxy) is 1. The minimum absolute atomic E-state index is 0.0289. The minimum atomic E-state index is -4.17. The van der Waals surface area contributed by atoms with Crippen LogP contribution in [0.15, 0.2) is 106 Å². The third-order valence-electron chi connectivity index (χ3n) is 8.22. The molecule has 0 saturated heterocycles. The molecule has 13 heteroatoms. The maximum Gasteiger partial charge on any atom is 0.397 e. The topological polar surface area (TPSA) is 102 Å².